The number of aromatic amines is 1. The van der Waals surface area contributed by atoms with Crippen molar-refractivity contribution < 1.29 is 4.79 Å². The van der Waals surface area contributed by atoms with Crippen molar-refractivity contribution in [3.05, 3.63) is 28.6 Å². The molecule has 1 aromatic carbocycles. The van der Waals surface area contributed by atoms with Crippen LogP contribution in [0.15, 0.2) is 23.0 Å². The number of anilines is 2. The van der Waals surface area contributed by atoms with Gasteiger partial charge >= 0.3 is 0 Å². The van der Waals surface area contributed by atoms with E-state index in [1.165, 1.54) is 0 Å². The molecule has 26 heavy (non-hydrogen) atoms. The van der Waals surface area contributed by atoms with E-state index >= 15 is 0 Å². The third-order valence-corrected chi connectivity index (χ3v) is 4.00. The lowest BCUT2D eigenvalue weighted by Crippen LogP contribution is -2.44. The number of aromatic nitrogens is 2. The first-order valence-corrected chi connectivity index (χ1v) is 8.17. The maximum absolute atomic E-state index is 12.4. The Balaban J connectivity index is 0.00000169. The van der Waals surface area contributed by atoms with Crippen molar-refractivity contribution in [3.8, 4) is 0 Å². The number of nitrogens with zero attached hydrogens (tertiary/aromatic N) is 2. The molecule has 8 nitrogen and oxygen atoms in total. The summed E-state index contributed by atoms with van der Waals surface area (Å²) in [6.45, 7) is 3.84. The highest BCUT2D eigenvalue weighted by molar-refractivity contribution is 5.93. The first kappa shape index (κ1) is 22.2. The van der Waals surface area contributed by atoms with Crippen molar-refractivity contribution in [2.24, 2.45) is 5.73 Å². The van der Waals surface area contributed by atoms with Crippen LogP contribution < -0.4 is 26.8 Å². The van der Waals surface area contributed by atoms with Gasteiger partial charge in [-0.3, -0.25) is 14.6 Å². The summed E-state index contributed by atoms with van der Waals surface area (Å²) < 4.78 is 0. The zero-order valence-corrected chi connectivity index (χ0v) is 15.9. The van der Waals surface area contributed by atoms with Crippen LogP contribution in [-0.4, -0.2) is 48.6 Å². The fourth-order valence-corrected chi connectivity index (χ4v) is 2.72. The lowest BCUT2D eigenvalue weighted by molar-refractivity contribution is -0.116. The summed E-state index contributed by atoms with van der Waals surface area (Å²) in [4.78, 5) is 33.6. The van der Waals surface area contributed by atoms with Crippen LogP contribution in [0.25, 0.3) is 10.9 Å². The van der Waals surface area contributed by atoms with E-state index in [-0.39, 0.29) is 36.3 Å². The molecule has 0 saturated carbocycles. The Kier molecular flexibility index (Phi) is 8.80. The van der Waals surface area contributed by atoms with Crippen molar-refractivity contribution in [2.75, 3.05) is 42.9 Å². The van der Waals surface area contributed by atoms with Crippen molar-refractivity contribution in [1.29, 1.82) is 0 Å². The van der Waals surface area contributed by atoms with Gasteiger partial charge in [-0.15, -0.1) is 24.8 Å². The number of carbonyl (C=O) groups excluding carboxylic acids is 1. The number of nitrogens with two attached hydrogens (primary N) is 1. The summed E-state index contributed by atoms with van der Waals surface area (Å²) in [7, 11) is 0. The Hall–Kier alpha value is -1.87. The SMILES string of the molecule is Cl.Cl.NCCCC(=O)Nc1ccc2nc(N3CCNCC3)[nH]c(=O)c2c1. The first-order valence-electron chi connectivity index (χ1n) is 8.17. The van der Waals surface area contributed by atoms with Crippen LogP contribution in [0.2, 0.25) is 0 Å². The average molecular weight is 403 g/mol. The molecule has 1 saturated heterocycles. The molecule has 1 fully saturated rings. The third kappa shape index (κ3) is 5.31. The topological polar surface area (TPSA) is 116 Å². The zero-order chi connectivity index (χ0) is 16.9. The highest BCUT2D eigenvalue weighted by Gasteiger charge is 2.14. The van der Waals surface area contributed by atoms with E-state index in [9.17, 15) is 9.59 Å². The second-order valence-corrected chi connectivity index (χ2v) is 5.80. The van der Waals surface area contributed by atoms with E-state index in [0.29, 0.717) is 41.9 Å². The van der Waals surface area contributed by atoms with E-state index in [0.717, 1.165) is 26.2 Å². The van der Waals surface area contributed by atoms with Crippen LogP contribution >= 0.6 is 24.8 Å². The summed E-state index contributed by atoms with van der Waals surface area (Å²) in [6.07, 6.45) is 1.00. The van der Waals surface area contributed by atoms with Gasteiger partial charge in [0, 0.05) is 38.3 Å². The number of rotatable bonds is 5. The second-order valence-electron chi connectivity index (χ2n) is 5.80. The molecule has 2 heterocycles. The van der Waals surface area contributed by atoms with Gasteiger partial charge in [0.25, 0.3) is 5.56 Å². The maximum Gasteiger partial charge on any atom is 0.260 e. The van der Waals surface area contributed by atoms with Crippen molar-refractivity contribution in [2.45, 2.75) is 12.8 Å². The maximum atomic E-state index is 12.4. The van der Waals surface area contributed by atoms with Gasteiger partial charge in [0.15, 0.2) is 0 Å². The molecule has 1 aliphatic heterocycles. The molecule has 1 aromatic heterocycles. The monoisotopic (exact) mass is 402 g/mol. The lowest BCUT2D eigenvalue weighted by Gasteiger charge is -2.27. The predicted molar refractivity (Wildman–Crippen MR) is 109 cm³/mol. The summed E-state index contributed by atoms with van der Waals surface area (Å²) >= 11 is 0. The molecule has 10 heteroatoms. The Morgan fingerprint density at radius 1 is 1.27 bits per heavy atom. The van der Waals surface area contributed by atoms with Crippen LogP contribution in [0.1, 0.15) is 12.8 Å². The molecule has 2 aromatic rings. The molecule has 0 aliphatic carbocycles. The Labute approximate surface area is 163 Å². The normalized spacial score (nSPS) is 13.7. The van der Waals surface area contributed by atoms with Crippen molar-refractivity contribution in [3.63, 3.8) is 0 Å². The third-order valence-electron chi connectivity index (χ3n) is 4.00. The fourth-order valence-electron chi connectivity index (χ4n) is 2.72. The molecule has 0 bridgehead atoms. The number of benzene rings is 1. The molecule has 0 unspecified atom stereocenters. The van der Waals surface area contributed by atoms with Crippen molar-refractivity contribution >= 4 is 53.3 Å². The van der Waals surface area contributed by atoms with Gasteiger partial charge in [-0.05, 0) is 31.2 Å². The van der Waals surface area contributed by atoms with Crippen LogP contribution in [0.4, 0.5) is 11.6 Å². The van der Waals surface area contributed by atoms with E-state index in [2.05, 4.69) is 25.5 Å². The summed E-state index contributed by atoms with van der Waals surface area (Å²) in [5.74, 6) is 0.482. The number of piperazine rings is 1. The minimum atomic E-state index is -0.202. The van der Waals surface area contributed by atoms with E-state index in [1.54, 1.807) is 18.2 Å². The number of fused-ring (bicyclic) bond motifs is 1. The van der Waals surface area contributed by atoms with E-state index in [1.807, 2.05) is 0 Å². The van der Waals surface area contributed by atoms with Gasteiger partial charge in [0.2, 0.25) is 11.9 Å². The number of nitrogens with one attached hydrogen (secondary N) is 3. The molecule has 144 valence electrons. The molecule has 3 rings (SSSR count). The number of amides is 1. The molecular weight excluding hydrogens is 379 g/mol. The number of hydrogen-bond donors (Lipinski definition) is 4. The van der Waals surface area contributed by atoms with Crippen LogP contribution in [-0.2, 0) is 4.79 Å². The Bertz CT molecular complexity index is 792. The van der Waals surface area contributed by atoms with Gasteiger partial charge in [-0.2, -0.15) is 0 Å². The van der Waals surface area contributed by atoms with Gasteiger partial charge < -0.3 is 21.3 Å². The summed E-state index contributed by atoms with van der Waals surface area (Å²) in [6, 6.07) is 5.18. The largest absolute Gasteiger partial charge is 0.340 e. The molecule has 0 atom stereocenters. The number of hydrogen-bond acceptors (Lipinski definition) is 6. The molecular formula is C16H24Cl2N6O2. The minimum absolute atomic E-state index is 0. The zero-order valence-electron chi connectivity index (χ0n) is 14.3. The van der Waals surface area contributed by atoms with Gasteiger partial charge in [0.05, 0.1) is 10.9 Å². The summed E-state index contributed by atoms with van der Waals surface area (Å²) in [5, 5.41) is 6.51. The van der Waals surface area contributed by atoms with Gasteiger partial charge in [-0.1, -0.05) is 0 Å². The van der Waals surface area contributed by atoms with E-state index in [4.69, 9.17) is 5.73 Å². The molecule has 0 radical (unpaired) electrons. The second kappa shape index (κ2) is 10.3. The molecule has 1 aliphatic rings. The highest BCUT2D eigenvalue weighted by Crippen LogP contribution is 2.17. The van der Waals surface area contributed by atoms with Crippen LogP contribution in [0.3, 0.4) is 0 Å². The molecule has 0 spiro atoms. The number of H-pyrrole nitrogens is 1. The number of carbonyl (C=O) groups is 1. The Morgan fingerprint density at radius 3 is 2.69 bits per heavy atom. The van der Waals surface area contributed by atoms with Crippen LogP contribution in [0.5, 0.6) is 0 Å². The minimum Gasteiger partial charge on any atom is -0.340 e. The smallest absolute Gasteiger partial charge is 0.260 e. The quantitative estimate of drug-likeness (QED) is 0.589. The van der Waals surface area contributed by atoms with Crippen molar-refractivity contribution in [1.82, 2.24) is 15.3 Å². The highest BCUT2D eigenvalue weighted by atomic mass is 35.5. The van der Waals surface area contributed by atoms with Gasteiger partial charge in [-0.25, -0.2) is 4.98 Å². The van der Waals surface area contributed by atoms with Gasteiger partial charge in [0.1, 0.15) is 0 Å². The van der Waals surface area contributed by atoms with Crippen LogP contribution in [0, 0.1) is 0 Å². The molecule has 5 N–H and O–H groups in total. The predicted octanol–water partition coefficient (Wildman–Crippen LogP) is 0.854. The fraction of sp³-hybridized carbons (Fsp3) is 0.438. The van der Waals surface area contributed by atoms with E-state index < -0.39 is 0 Å². The Morgan fingerprint density at radius 2 is 2.00 bits per heavy atom. The first-order chi connectivity index (χ1) is 11.7. The average Bonchev–Trinajstić information content (AvgIpc) is 2.61. The summed E-state index contributed by atoms with van der Waals surface area (Å²) in [5.41, 5.74) is 6.40. The number of halogens is 2. The standard InChI is InChI=1S/C16H22N6O2.2ClH/c17-5-1-2-14(23)19-11-3-4-13-12(10-11)15(24)21-16(20-13)22-8-6-18-7-9-22;;/h3-4,10,18H,1-2,5-9,17H2,(H,19,23)(H,20,21,24);2*1H. The molecule has 1 amide bonds. The lowest BCUT2D eigenvalue weighted by atomic mass is 10.2.